The van der Waals surface area contributed by atoms with Gasteiger partial charge in [-0.2, -0.15) is 0 Å². The van der Waals surface area contributed by atoms with Gasteiger partial charge in [-0.15, -0.1) is 0 Å². The van der Waals surface area contributed by atoms with Crippen LogP contribution >= 0.6 is 15.9 Å². The summed E-state index contributed by atoms with van der Waals surface area (Å²) in [6, 6.07) is 6.28. The van der Waals surface area contributed by atoms with Crippen molar-refractivity contribution in [3.8, 4) is 5.75 Å². The second kappa shape index (κ2) is 8.13. The van der Waals surface area contributed by atoms with E-state index < -0.39 is 0 Å². The van der Waals surface area contributed by atoms with E-state index in [-0.39, 0.29) is 12.1 Å². The Kier molecular flexibility index (Phi) is 6.48. The van der Waals surface area contributed by atoms with Gasteiger partial charge in [0.2, 0.25) is 0 Å². The first kappa shape index (κ1) is 16.7. The Morgan fingerprint density at radius 1 is 1.52 bits per heavy atom. The fourth-order valence-electron chi connectivity index (χ4n) is 2.45. The van der Waals surface area contributed by atoms with E-state index in [9.17, 15) is 0 Å². The highest BCUT2D eigenvalue weighted by molar-refractivity contribution is 9.10. The van der Waals surface area contributed by atoms with Crippen LogP contribution in [0.15, 0.2) is 22.7 Å². The maximum atomic E-state index is 6.08. The Hall–Kier alpha value is -0.620. The molecule has 1 aliphatic rings. The molecule has 2 atom stereocenters. The second-order valence-electron chi connectivity index (χ2n) is 5.67. The number of hydrogen-bond donors (Lipinski definition) is 1. The summed E-state index contributed by atoms with van der Waals surface area (Å²) in [5.74, 6) is 0.901. The highest BCUT2D eigenvalue weighted by Crippen LogP contribution is 2.30. The van der Waals surface area contributed by atoms with Gasteiger partial charge in [0.1, 0.15) is 18.5 Å². The van der Waals surface area contributed by atoms with Crippen molar-refractivity contribution in [1.82, 2.24) is 4.90 Å². The third-order valence-corrected chi connectivity index (χ3v) is 4.43. The fourth-order valence-corrected chi connectivity index (χ4v) is 2.97. The molecule has 2 N–H and O–H groups in total. The molecule has 1 heterocycles. The Bertz CT molecular complexity index is 456. The van der Waals surface area contributed by atoms with E-state index in [1.165, 1.54) is 0 Å². The van der Waals surface area contributed by atoms with Crippen molar-refractivity contribution in [3.05, 3.63) is 28.2 Å². The standard InChI is InChI=1S/C16H25BrN2O2/c1-3-13(18)9-12-5-4-6-15(17)16(12)21-11-14-10-19(2)7-8-20-14/h4-6,13-14H,3,7-11,18H2,1-2H3. The summed E-state index contributed by atoms with van der Waals surface area (Å²) in [6.45, 7) is 5.35. The van der Waals surface area contributed by atoms with Gasteiger partial charge >= 0.3 is 0 Å². The summed E-state index contributed by atoms with van der Waals surface area (Å²) in [4.78, 5) is 2.27. The molecular formula is C16H25BrN2O2. The van der Waals surface area contributed by atoms with Crippen LogP contribution in [0, 0.1) is 0 Å². The first-order valence-corrected chi connectivity index (χ1v) is 8.35. The van der Waals surface area contributed by atoms with Gasteiger partial charge in [-0.1, -0.05) is 19.1 Å². The molecule has 118 valence electrons. The van der Waals surface area contributed by atoms with Crippen molar-refractivity contribution in [2.75, 3.05) is 33.4 Å². The molecule has 0 amide bonds. The van der Waals surface area contributed by atoms with E-state index >= 15 is 0 Å². The number of halogens is 1. The van der Waals surface area contributed by atoms with Gasteiger partial charge in [-0.25, -0.2) is 0 Å². The quantitative estimate of drug-likeness (QED) is 0.850. The van der Waals surface area contributed by atoms with E-state index in [1.54, 1.807) is 0 Å². The zero-order chi connectivity index (χ0) is 15.2. The van der Waals surface area contributed by atoms with Crippen LogP contribution in [0.1, 0.15) is 18.9 Å². The molecule has 0 saturated carbocycles. The van der Waals surface area contributed by atoms with Crippen LogP contribution in [-0.2, 0) is 11.2 Å². The summed E-state index contributed by atoms with van der Waals surface area (Å²) in [6.07, 6.45) is 1.92. The number of likely N-dealkylation sites (N-methyl/N-ethyl adjacent to an activating group) is 1. The predicted molar refractivity (Wildman–Crippen MR) is 88.8 cm³/mol. The highest BCUT2D eigenvalue weighted by atomic mass is 79.9. The SMILES string of the molecule is CCC(N)Cc1cccc(Br)c1OCC1CN(C)CCO1. The number of rotatable bonds is 6. The van der Waals surface area contributed by atoms with Crippen LogP contribution in [0.4, 0.5) is 0 Å². The molecule has 5 heteroatoms. The average Bonchev–Trinajstić information content (AvgIpc) is 2.46. The third-order valence-electron chi connectivity index (χ3n) is 3.81. The molecular weight excluding hydrogens is 332 g/mol. The minimum absolute atomic E-state index is 0.128. The van der Waals surface area contributed by atoms with E-state index in [1.807, 2.05) is 12.1 Å². The molecule has 2 rings (SSSR count). The lowest BCUT2D eigenvalue weighted by atomic mass is 10.0. The van der Waals surface area contributed by atoms with Crippen LogP contribution in [0.3, 0.4) is 0 Å². The summed E-state index contributed by atoms with van der Waals surface area (Å²) < 4.78 is 12.8. The first-order valence-electron chi connectivity index (χ1n) is 7.56. The summed E-state index contributed by atoms with van der Waals surface area (Å²) in [7, 11) is 2.11. The molecule has 1 saturated heterocycles. The van der Waals surface area contributed by atoms with Crippen LogP contribution in [0.25, 0.3) is 0 Å². The molecule has 0 aromatic heterocycles. The highest BCUT2D eigenvalue weighted by Gasteiger charge is 2.19. The molecule has 0 aliphatic carbocycles. The van der Waals surface area contributed by atoms with Crippen molar-refractivity contribution in [2.45, 2.75) is 31.9 Å². The summed E-state index contributed by atoms with van der Waals surface area (Å²) in [5.41, 5.74) is 7.23. The molecule has 0 spiro atoms. The average molecular weight is 357 g/mol. The van der Waals surface area contributed by atoms with E-state index in [0.717, 1.165) is 48.3 Å². The normalized spacial score (nSPS) is 21.2. The topological polar surface area (TPSA) is 47.7 Å². The largest absolute Gasteiger partial charge is 0.489 e. The minimum Gasteiger partial charge on any atom is -0.489 e. The van der Waals surface area contributed by atoms with Crippen LogP contribution in [0.5, 0.6) is 5.75 Å². The second-order valence-corrected chi connectivity index (χ2v) is 6.52. The number of hydrogen-bond acceptors (Lipinski definition) is 4. The smallest absolute Gasteiger partial charge is 0.136 e. The van der Waals surface area contributed by atoms with Crippen molar-refractivity contribution in [2.24, 2.45) is 5.73 Å². The maximum Gasteiger partial charge on any atom is 0.136 e. The van der Waals surface area contributed by atoms with Crippen LogP contribution in [0.2, 0.25) is 0 Å². The van der Waals surface area contributed by atoms with E-state index in [0.29, 0.717) is 6.61 Å². The van der Waals surface area contributed by atoms with Gasteiger partial charge in [-0.05, 0) is 47.4 Å². The Labute approximate surface area is 135 Å². The van der Waals surface area contributed by atoms with Crippen molar-refractivity contribution in [1.29, 1.82) is 0 Å². The molecule has 1 aromatic rings. The predicted octanol–water partition coefficient (Wildman–Crippen LogP) is 2.44. The van der Waals surface area contributed by atoms with Crippen LogP contribution in [-0.4, -0.2) is 50.4 Å². The van der Waals surface area contributed by atoms with Gasteiger partial charge in [-0.3, -0.25) is 0 Å². The van der Waals surface area contributed by atoms with Gasteiger partial charge < -0.3 is 20.1 Å². The van der Waals surface area contributed by atoms with E-state index in [4.69, 9.17) is 15.2 Å². The van der Waals surface area contributed by atoms with Crippen molar-refractivity contribution in [3.63, 3.8) is 0 Å². The molecule has 4 nitrogen and oxygen atoms in total. The van der Waals surface area contributed by atoms with Gasteiger partial charge in [0.05, 0.1) is 11.1 Å². The van der Waals surface area contributed by atoms with Crippen molar-refractivity contribution >= 4 is 15.9 Å². The molecule has 0 bridgehead atoms. The number of benzene rings is 1. The maximum absolute atomic E-state index is 6.08. The monoisotopic (exact) mass is 356 g/mol. The zero-order valence-electron chi connectivity index (χ0n) is 12.8. The number of morpholine rings is 1. The lowest BCUT2D eigenvalue weighted by Gasteiger charge is -2.30. The lowest BCUT2D eigenvalue weighted by molar-refractivity contribution is -0.0405. The molecule has 0 radical (unpaired) electrons. The number of ether oxygens (including phenoxy) is 2. The van der Waals surface area contributed by atoms with Gasteiger partial charge in [0.15, 0.2) is 0 Å². The Balaban J connectivity index is 2.01. The minimum atomic E-state index is 0.128. The molecule has 2 unspecified atom stereocenters. The molecule has 1 fully saturated rings. The summed E-state index contributed by atoms with van der Waals surface area (Å²) >= 11 is 3.58. The summed E-state index contributed by atoms with van der Waals surface area (Å²) in [5, 5.41) is 0. The third kappa shape index (κ3) is 4.95. The number of para-hydroxylation sites is 1. The fraction of sp³-hybridized carbons (Fsp3) is 0.625. The first-order chi connectivity index (χ1) is 10.1. The molecule has 1 aliphatic heterocycles. The van der Waals surface area contributed by atoms with Crippen molar-refractivity contribution < 1.29 is 9.47 Å². The van der Waals surface area contributed by atoms with E-state index in [2.05, 4.69) is 40.9 Å². The number of nitrogens with two attached hydrogens (primary N) is 1. The van der Waals surface area contributed by atoms with Gasteiger partial charge in [0.25, 0.3) is 0 Å². The molecule has 21 heavy (non-hydrogen) atoms. The van der Waals surface area contributed by atoms with Gasteiger partial charge in [0, 0.05) is 19.1 Å². The van der Waals surface area contributed by atoms with Crippen LogP contribution < -0.4 is 10.5 Å². The molecule has 1 aromatic carbocycles. The number of nitrogens with zero attached hydrogens (tertiary/aromatic N) is 1. The Morgan fingerprint density at radius 3 is 3.05 bits per heavy atom. The Morgan fingerprint density at radius 2 is 2.33 bits per heavy atom. The zero-order valence-corrected chi connectivity index (χ0v) is 14.4. The lowest BCUT2D eigenvalue weighted by Crippen LogP contribution is -2.42.